The van der Waals surface area contributed by atoms with Gasteiger partial charge >= 0.3 is 5.69 Å². The SMILES string of the molecule is CCNc1nc2c(c(=O)n(C)c(=O)n2C)n1C[C@@H](O)COc1ccccc1C. The summed E-state index contributed by atoms with van der Waals surface area (Å²) in [6.45, 7) is 4.56. The number of aryl methyl sites for hydroxylation is 2. The molecule has 0 saturated carbocycles. The number of aromatic nitrogens is 4. The van der Waals surface area contributed by atoms with Crippen LogP contribution < -0.4 is 21.3 Å². The highest BCUT2D eigenvalue weighted by Gasteiger charge is 2.21. The van der Waals surface area contributed by atoms with Crippen molar-refractivity contribution in [1.82, 2.24) is 18.7 Å². The molecule has 0 saturated heterocycles. The van der Waals surface area contributed by atoms with Gasteiger partial charge in [-0.25, -0.2) is 4.79 Å². The van der Waals surface area contributed by atoms with Crippen LogP contribution in [0.2, 0.25) is 0 Å². The highest BCUT2D eigenvalue weighted by atomic mass is 16.5. The van der Waals surface area contributed by atoms with E-state index in [1.807, 2.05) is 38.1 Å². The van der Waals surface area contributed by atoms with Gasteiger partial charge in [0.1, 0.15) is 18.5 Å². The fourth-order valence-electron chi connectivity index (χ4n) is 3.09. The van der Waals surface area contributed by atoms with Crippen LogP contribution in [0.3, 0.4) is 0 Å². The van der Waals surface area contributed by atoms with Crippen molar-refractivity contribution in [2.24, 2.45) is 14.1 Å². The van der Waals surface area contributed by atoms with Gasteiger partial charge in [-0.3, -0.25) is 13.9 Å². The Morgan fingerprint density at radius 2 is 1.93 bits per heavy atom. The minimum Gasteiger partial charge on any atom is -0.491 e. The lowest BCUT2D eigenvalue weighted by molar-refractivity contribution is 0.0935. The van der Waals surface area contributed by atoms with Crippen LogP contribution in [0.25, 0.3) is 11.2 Å². The van der Waals surface area contributed by atoms with E-state index in [2.05, 4.69) is 10.3 Å². The van der Waals surface area contributed by atoms with Crippen molar-refractivity contribution in [3.63, 3.8) is 0 Å². The predicted octanol–water partition coefficient (Wildman–Crippen LogP) is 0.614. The number of para-hydroxylation sites is 1. The summed E-state index contributed by atoms with van der Waals surface area (Å²) in [7, 11) is 2.99. The Hall–Kier alpha value is -3.07. The van der Waals surface area contributed by atoms with Crippen molar-refractivity contribution in [1.29, 1.82) is 0 Å². The first-order valence-corrected chi connectivity index (χ1v) is 9.11. The molecule has 3 aromatic rings. The monoisotopic (exact) mass is 387 g/mol. The number of imidazole rings is 1. The molecule has 0 aliphatic rings. The van der Waals surface area contributed by atoms with E-state index in [0.29, 0.717) is 18.2 Å². The Labute approximate surface area is 161 Å². The van der Waals surface area contributed by atoms with E-state index in [0.717, 1.165) is 10.1 Å². The van der Waals surface area contributed by atoms with Crippen LogP contribution in [0, 0.1) is 6.92 Å². The minimum atomic E-state index is -0.878. The number of fused-ring (bicyclic) bond motifs is 1. The Morgan fingerprint density at radius 1 is 1.21 bits per heavy atom. The molecule has 0 aliphatic carbocycles. The molecule has 9 nitrogen and oxygen atoms in total. The van der Waals surface area contributed by atoms with Gasteiger partial charge < -0.3 is 19.7 Å². The zero-order valence-electron chi connectivity index (χ0n) is 16.5. The quantitative estimate of drug-likeness (QED) is 0.616. The molecule has 0 aliphatic heterocycles. The third-order valence-corrected chi connectivity index (χ3v) is 4.60. The maximum atomic E-state index is 12.7. The number of nitrogens with one attached hydrogen (secondary N) is 1. The number of hydrogen-bond acceptors (Lipinski definition) is 6. The van der Waals surface area contributed by atoms with Crippen molar-refractivity contribution < 1.29 is 9.84 Å². The lowest BCUT2D eigenvalue weighted by Crippen LogP contribution is -2.38. The molecule has 1 aromatic carbocycles. The van der Waals surface area contributed by atoms with E-state index in [4.69, 9.17) is 4.74 Å². The molecule has 0 fully saturated rings. The van der Waals surface area contributed by atoms with E-state index in [9.17, 15) is 14.7 Å². The van der Waals surface area contributed by atoms with Crippen LogP contribution in [0.15, 0.2) is 33.9 Å². The number of anilines is 1. The van der Waals surface area contributed by atoms with Crippen molar-refractivity contribution in [3.8, 4) is 5.75 Å². The number of benzene rings is 1. The van der Waals surface area contributed by atoms with E-state index in [1.54, 1.807) is 11.6 Å². The molecule has 3 rings (SSSR count). The number of aliphatic hydroxyl groups is 1. The molecule has 0 bridgehead atoms. The minimum absolute atomic E-state index is 0.0577. The van der Waals surface area contributed by atoms with Crippen LogP contribution in [0.4, 0.5) is 5.95 Å². The highest BCUT2D eigenvalue weighted by Crippen LogP contribution is 2.18. The van der Waals surface area contributed by atoms with Crippen LogP contribution >= 0.6 is 0 Å². The molecular weight excluding hydrogens is 362 g/mol. The first-order chi connectivity index (χ1) is 13.3. The van der Waals surface area contributed by atoms with Crippen LogP contribution in [0.5, 0.6) is 5.75 Å². The van der Waals surface area contributed by atoms with Gasteiger partial charge in [0.25, 0.3) is 5.56 Å². The van der Waals surface area contributed by atoms with Gasteiger partial charge in [0.15, 0.2) is 11.2 Å². The van der Waals surface area contributed by atoms with Crippen molar-refractivity contribution >= 4 is 17.1 Å². The van der Waals surface area contributed by atoms with E-state index >= 15 is 0 Å². The summed E-state index contributed by atoms with van der Waals surface area (Å²) in [5, 5.41) is 13.6. The molecule has 0 amide bonds. The molecule has 0 unspecified atom stereocenters. The van der Waals surface area contributed by atoms with Gasteiger partial charge in [-0.2, -0.15) is 4.98 Å². The van der Waals surface area contributed by atoms with Gasteiger partial charge in [0, 0.05) is 20.6 Å². The maximum Gasteiger partial charge on any atom is 0.332 e. The molecule has 0 spiro atoms. The largest absolute Gasteiger partial charge is 0.491 e. The van der Waals surface area contributed by atoms with Gasteiger partial charge in [-0.1, -0.05) is 18.2 Å². The third kappa shape index (κ3) is 3.53. The number of ether oxygens (including phenoxy) is 1. The summed E-state index contributed by atoms with van der Waals surface area (Å²) >= 11 is 0. The molecule has 2 aromatic heterocycles. The Kier molecular flexibility index (Phi) is 5.55. The lowest BCUT2D eigenvalue weighted by Gasteiger charge is -2.16. The molecule has 28 heavy (non-hydrogen) atoms. The first kappa shape index (κ1) is 19.7. The summed E-state index contributed by atoms with van der Waals surface area (Å²) in [5.41, 5.74) is 0.599. The molecule has 2 N–H and O–H groups in total. The lowest BCUT2D eigenvalue weighted by atomic mass is 10.2. The van der Waals surface area contributed by atoms with Gasteiger partial charge in [-0.05, 0) is 25.5 Å². The molecule has 9 heteroatoms. The normalized spacial score (nSPS) is 12.3. The van der Waals surface area contributed by atoms with Crippen molar-refractivity contribution in [3.05, 3.63) is 50.7 Å². The fourth-order valence-corrected chi connectivity index (χ4v) is 3.09. The van der Waals surface area contributed by atoms with Gasteiger partial charge in [-0.15, -0.1) is 0 Å². The Balaban J connectivity index is 1.95. The first-order valence-electron chi connectivity index (χ1n) is 9.11. The summed E-state index contributed by atoms with van der Waals surface area (Å²) < 4.78 is 9.67. The predicted molar refractivity (Wildman–Crippen MR) is 107 cm³/mol. The smallest absolute Gasteiger partial charge is 0.332 e. The van der Waals surface area contributed by atoms with E-state index in [1.165, 1.54) is 11.6 Å². The van der Waals surface area contributed by atoms with Crippen LogP contribution in [-0.4, -0.2) is 43.0 Å². The molecule has 1 atom stereocenters. The zero-order chi connectivity index (χ0) is 20.4. The number of nitrogens with zero attached hydrogens (tertiary/aromatic N) is 4. The number of aliphatic hydroxyl groups excluding tert-OH is 1. The highest BCUT2D eigenvalue weighted by molar-refractivity contribution is 5.74. The van der Waals surface area contributed by atoms with Crippen LogP contribution in [-0.2, 0) is 20.6 Å². The second kappa shape index (κ2) is 7.89. The zero-order valence-corrected chi connectivity index (χ0v) is 16.5. The molecule has 0 radical (unpaired) electrons. The topological polar surface area (TPSA) is 103 Å². The molecular formula is C19H25N5O4. The molecule has 2 heterocycles. The standard InChI is InChI=1S/C19H25N5O4/c1-5-20-18-21-16-15(17(26)23(4)19(27)22(16)3)24(18)10-13(25)11-28-14-9-7-6-8-12(14)2/h6-9,13,25H,5,10-11H2,1-4H3,(H,20,21)/t13-/m1/s1. The maximum absolute atomic E-state index is 12.7. The van der Waals surface area contributed by atoms with Crippen molar-refractivity contribution in [2.75, 3.05) is 18.5 Å². The second-order valence-corrected chi connectivity index (χ2v) is 6.68. The summed E-state index contributed by atoms with van der Waals surface area (Å²) in [4.78, 5) is 29.3. The summed E-state index contributed by atoms with van der Waals surface area (Å²) in [6, 6.07) is 7.55. The second-order valence-electron chi connectivity index (χ2n) is 6.68. The fraction of sp³-hybridized carbons (Fsp3) is 0.421. The Morgan fingerprint density at radius 3 is 2.61 bits per heavy atom. The Bertz CT molecular complexity index is 1110. The number of rotatable bonds is 7. The van der Waals surface area contributed by atoms with Crippen molar-refractivity contribution in [2.45, 2.75) is 26.5 Å². The average molecular weight is 387 g/mol. The average Bonchev–Trinajstić information content (AvgIpc) is 3.02. The van der Waals surface area contributed by atoms with Gasteiger partial charge in [0.2, 0.25) is 5.95 Å². The summed E-state index contributed by atoms with van der Waals surface area (Å²) in [5.74, 6) is 1.12. The van der Waals surface area contributed by atoms with Crippen LogP contribution in [0.1, 0.15) is 12.5 Å². The van der Waals surface area contributed by atoms with Gasteiger partial charge in [0.05, 0.1) is 6.54 Å². The van der Waals surface area contributed by atoms with E-state index < -0.39 is 17.4 Å². The third-order valence-electron chi connectivity index (χ3n) is 4.60. The number of hydrogen-bond donors (Lipinski definition) is 2. The summed E-state index contributed by atoms with van der Waals surface area (Å²) in [6.07, 6.45) is -0.878. The van der Waals surface area contributed by atoms with E-state index in [-0.39, 0.29) is 24.3 Å². The molecule has 150 valence electrons.